The van der Waals surface area contributed by atoms with Crippen molar-refractivity contribution in [2.24, 2.45) is 7.05 Å². The van der Waals surface area contributed by atoms with Crippen LogP contribution in [0.15, 0.2) is 12.1 Å². The number of rotatable bonds is 1. The molecular formula is C10H9ClN2O2. The van der Waals surface area contributed by atoms with E-state index in [1.807, 2.05) is 0 Å². The second-order valence-electron chi connectivity index (χ2n) is 3.34. The van der Waals surface area contributed by atoms with Crippen LogP contribution >= 0.6 is 11.6 Å². The van der Waals surface area contributed by atoms with E-state index >= 15 is 0 Å². The molecule has 0 radical (unpaired) electrons. The maximum Gasteiger partial charge on any atom is 0.337 e. The molecule has 0 unspecified atom stereocenters. The first-order chi connectivity index (χ1) is 7.02. The Morgan fingerprint density at radius 1 is 1.53 bits per heavy atom. The summed E-state index contributed by atoms with van der Waals surface area (Å²) in [6, 6.07) is 3.21. The molecule has 1 aromatic heterocycles. The van der Waals surface area contributed by atoms with Gasteiger partial charge in [-0.25, -0.2) is 4.79 Å². The molecule has 5 heteroatoms. The van der Waals surface area contributed by atoms with Crippen LogP contribution in [-0.2, 0) is 7.05 Å². The Morgan fingerprint density at radius 2 is 2.20 bits per heavy atom. The van der Waals surface area contributed by atoms with Crippen molar-refractivity contribution in [3.05, 3.63) is 28.4 Å². The highest BCUT2D eigenvalue weighted by Crippen LogP contribution is 2.29. The monoisotopic (exact) mass is 224 g/mol. The van der Waals surface area contributed by atoms with Gasteiger partial charge in [0.1, 0.15) is 0 Å². The summed E-state index contributed by atoms with van der Waals surface area (Å²) < 4.78 is 1.68. The van der Waals surface area contributed by atoms with Crippen molar-refractivity contribution in [2.45, 2.75) is 6.92 Å². The molecule has 0 aliphatic heterocycles. The molecule has 78 valence electrons. The zero-order valence-corrected chi connectivity index (χ0v) is 9.04. The van der Waals surface area contributed by atoms with Crippen molar-refractivity contribution in [3.63, 3.8) is 0 Å². The number of carbonyl (C=O) groups is 1. The van der Waals surface area contributed by atoms with Gasteiger partial charge in [-0.1, -0.05) is 11.6 Å². The van der Waals surface area contributed by atoms with Crippen molar-refractivity contribution < 1.29 is 9.90 Å². The third-order valence-electron chi connectivity index (χ3n) is 2.36. The fourth-order valence-corrected chi connectivity index (χ4v) is 2.05. The zero-order chi connectivity index (χ0) is 11.2. The Bertz CT molecular complexity index is 560. The second-order valence-corrected chi connectivity index (χ2v) is 3.71. The fraction of sp³-hybridized carbons (Fsp3) is 0.200. The van der Waals surface area contributed by atoms with Crippen LogP contribution in [0.5, 0.6) is 0 Å². The largest absolute Gasteiger partial charge is 0.478 e. The van der Waals surface area contributed by atoms with Crippen LogP contribution in [-0.4, -0.2) is 20.9 Å². The zero-order valence-electron chi connectivity index (χ0n) is 8.28. The molecule has 1 aromatic carbocycles. The number of aryl methyl sites for hydroxylation is 2. The minimum atomic E-state index is -1.02. The number of carboxylic acids is 1. The van der Waals surface area contributed by atoms with Gasteiger partial charge in [0.25, 0.3) is 0 Å². The molecule has 0 aliphatic carbocycles. The maximum atomic E-state index is 10.9. The maximum absolute atomic E-state index is 10.9. The van der Waals surface area contributed by atoms with Gasteiger partial charge < -0.3 is 5.11 Å². The van der Waals surface area contributed by atoms with E-state index in [0.717, 1.165) is 11.2 Å². The lowest BCUT2D eigenvalue weighted by molar-refractivity contribution is 0.0697. The van der Waals surface area contributed by atoms with E-state index in [4.69, 9.17) is 16.7 Å². The SMILES string of the molecule is Cc1nn(C)c2ccc(C(=O)O)c(Cl)c12. The normalized spacial score (nSPS) is 10.9. The number of aromatic nitrogens is 2. The van der Waals surface area contributed by atoms with E-state index in [-0.39, 0.29) is 10.6 Å². The second kappa shape index (κ2) is 3.24. The van der Waals surface area contributed by atoms with Crippen LogP contribution in [0.2, 0.25) is 5.02 Å². The van der Waals surface area contributed by atoms with Gasteiger partial charge in [-0.3, -0.25) is 4.68 Å². The topological polar surface area (TPSA) is 55.1 Å². The Labute approximate surface area is 91.1 Å². The summed E-state index contributed by atoms with van der Waals surface area (Å²) in [5.41, 5.74) is 1.68. The standard InChI is InChI=1S/C10H9ClN2O2/c1-5-8-7(13(2)12-5)4-3-6(9(8)11)10(14)15/h3-4H,1-2H3,(H,14,15). The van der Waals surface area contributed by atoms with Crippen LogP contribution in [0.4, 0.5) is 0 Å². The van der Waals surface area contributed by atoms with E-state index in [1.54, 1.807) is 24.7 Å². The van der Waals surface area contributed by atoms with E-state index in [0.29, 0.717) is 5.39 Å². The summed E-state index contributed by atoms with van der Waals surface area (Å²) in [6.45, 7) is 1.81. The Hall–Kier alpha value is -1.55. The van der Waals surface area contributed by atoms with E-state index in [1.165, 1.54) is 6.07 Å². The molecule has 0 saturated heterocycles. The molecular weight excluding hydrogens is 216 g/mol. The van der Waals surface area contributed by atoms with Crippen molar-refractivity contribution >= 4 is 28.5 Å². The lowest BCUT2D eigenvalue weighted by Crippen LogP contribution is -1.97. The number of hydrogen-bond donors (Lipinski definition) is 1. The lowest BCUT2D eigenvalue weighted by Gasteiger charge is -2.00. The first-order valence-corrected chi connectivity index (χ1v) is 4.75. The van der Waals surface area contributed by atoms with Gasteiger partial charge in [-0.2, -0.15) is 5.10 Å². The Morgan fingerprint density at radius 3 is 2.80 bits per heavy atom. The Kier molecular flexibility index (Phi) is 2.16. The van der Waals surface area contributed by atoms with Gasteiger partial charge in [-0.05, 0) is 19.1 Å². The number of hydrogen-bond acceptors (Lipinski definition) is 2. The lowest BCUT2D eigenvalue weighted by atomic mass is 10.1. The number of halogens is 1. The molecule has 0 atom stereocenters. The van der Waals surface area contributed by atoms with Crippen LogP contribution in [0.1, 0.15) is 16.1 Å². The molecule has 0 aliphatic rings. The number of carboxylic acid groups (broad SMARTS) is 1. The molecule has 1 heterocycles. The third-order valence-corrected chi connectivity index (χ3v) is 2.75. The highest BCUT2D eigenvalue weighted by molar-refractivity contribution is 6.38. The van der Waals surface area contributed by atoms with E-state index in [2.05, 4.69) is 5.10 Å². The molecule has 2 aromatic rings. The van der Waals surface area contributed by atoms with Crippen molar-refractivity contribution in [2.75, 3.05) is 0 Å². The minimum Gasteiger partial charge on any atom is -0.478 e. The van der Waals surface area contributed by atoms with Crippen molar-refractivity contribution in [1.82, 2.24) is 9.78 Å². The molecule has 0 spiro atoms. The fourth-order valence-electron chi connectivity index (χ4n) is 1.67. The van der Waals surface area contributed by atoms with Crippen molar-refractivity contribution in [1.29, 1.82) is 0 Å². The highest BCUT2D eigenvalue weighted by Gasteiger charge is 2.15. The molecule has 0 fully saturated rings. The predicted molar refractivity (Wildman–Crippen MR) is 57.4 cm³/mol. The van der Waals surface area contributed by atoms with Crippen molar-refractivity contribution in [3.8, 4) is 0 Å². The average molecular weight is 225 g/mol. The van der Waals surface area contributed by atoms with Crippen LogP contribution in [0.3, 0.4) is 0 Å². The summed E-state index contributed by atoms with van der Waals surface area (Å²) in [5, 5.41) is 14.1. The minimum absolute atomic E-state index is 0.111. The molecule has 0 amide bonds. The van der Waals surface area contributed by atoms with Crippen LogP contribution in [0, 0.1) is 6.92 Å². The molecule has 15 heavy (non-hydrogen) atoms. The molecule has 0 saturated carbocycles. The summed E-state index contributed by atoms with van der Waals surface area (Å²) >= 11 is 6.02. The van der Waals surface area contributed by atoms with Crippen LogP contribution < -0.4 is 0 Å². The van der Waals surface area contributed by atoms with Crippen LogP contribution in [0.25, 0.3) is 10.9 Å². The van der Waals surface area contributed by atoms with Gasteiger partial charge in [0, 0.05) is 12.4 Å². The molecule has 0 bridgehead atoms. The first kappa shape index (κ1) is 9.98. The quantitative estimate of drug-likeness (QED) is 0.808. The van der Waals surface area contributed by atoms with Gasteiger partial charge in [0.15, 0.2) is 0 Å². The summed E-state index contributed by atoms with van der Waals surface area (Å²) in [4.78, 5) is 10.9. The number of nitrogens with zero attached hydrogens (tertiary/aromatic N) is 2. The third kappa shape index (κ3) is 1.37. The molecule has 1 N–H and O–H groups in total. The van der Waals surface area contributed by atoms with Gasteiger partial charge in [-0.15, -0.1) is 0 Å². The number of fused-ring (bicyclic) bond motifs is 1. The number of aromatic carboxylic acids is 1. The van der Waals surface area contributed by atoms with E-state index < -0.39 is 5.97 Å². The molecule has 2 rings (SSSR count). The summed E-state index contributed by atoms with van der Waals surface area (Å²) in [6.07, 6.45) is 0. The highest BCUT2D eigenvalue weighted by atomic mass is 35.5. The smallest absolute Gasteiger partial charge is 0.337 e. The van der Waals surface area contributed by atoms with Gasteiger partial charge >= 0.3 is 5.97 Å². The summed E-state index contributed by atoms with van der Waals surface area (Å²) in [5.74, 6) is -1.02. The summed E-state index contributed by atoms with van der Waals surface area (Å²) in [7, 11) is 1.80. The Balaban J connectivity index is 2.89. The first-order valence-electron chi connectivity index (χ1n) is 4.37. The average Bonchev–Trinajstić information content (AvgIpc) is 2.43. The number of benzene rings is 1. The van der Waals surface area contributed by atoms with E-state index in [9.17, 15) is 4.79 Å². The predicted octanol–water partition coefficient (Wildman–Crippen LogP) is 2.23. The van der Waals surface area contributed by atoms with Gasteiger partial charge in [0.2, 0.25) is 0 Å². The molecule has 4 nitrogen and oxygen atoms in total. The van der Waals surface area contributed by atoms with Gasteiger partial charge in [0.05, 0.1) is 21.8 Å².